The first kappa shape index (κ1) is 13.0. The molecule has 1 aliphatic carbocycles. The molecule has 1 aliphatic rings. The molecule has 0 saturated heterocycles. The van der Waals surface area contributed by atoms with E-state index in [0.717, 1.165) is 12.8 Å². The summed E-state index contributed by atoms with van der Waals surface area (Å²) in [5.41, 5.74) is 0.483. The Bertz CT molecular complexity index is 622. The van der Waals surface area contributed by atoms with E-state index in [0.29, 0.717) is 38.3 Å². The topological polar surface area (TPSA) is 38.7 Å². The predicted octanol–water partition coefficient (Wildman–Crippen LogP) is 4.26. The zero-order valence-corrected chi connectivity index (χ0v) is 11.8. The highest BCUT2D eigenvalue weighted by Crippen LogP contribution is 2.40. The van der Waals surface area contributed by atoms with Gasteiger partial charge in [-0.05, 0) is 34.8 Å². The molecule has 0 aromatic carbocycles. The molecule has 3 nitrogen and oxygen atoms in total. The summed E-state index contributed by atoms with van der Waals surface area (Å²) >= 11 is 3.86. The van der Waals surface area contributed by atoms with Crippen molar-refractivity contribution in [1.29, 1.82) is 0 Å². The highest BCUT2D eigenvalue weighted by atomic mass is 79.9. The summed E-state index contributed by atoms with van der Waals surface area (Å²) in [5, 5.41) is -0.856. The summed E-state index contributed by atoms with van der Waals surface area (Å²) in [6.45, 7) is 0. The number of rotatable bonds is 2. The van der Waals surface area contributed by atoms with Crippen LogP contribution in [0.1, 0.15) is 29.6 Å². The molecular formula is C11H7BrF3N3S. The number of hydrogen-bond acceptors (Lipinski definition) is 4. The van der Waals surface area contributed by atoms with Crippen molar-refractivity contribution in [2.45, 2.75) is 24.9 Å². The maximum Gasteiger partial charge on any atom is 0.443 e. The SMILES string of the molecule is FC(F)(F)c1ncc(-c2cc(Br)nc(C3CC3)n2)s1. The molecule has 0 N–H and O–H groups in total. The third-order valence-electron chi connectivity index (χ3n) is 2.66. The first-order valence-corrected chi connectivity index (χ1v) is 7.12. The van der Waals surface area contributed by atoms with Gasteiger partial charge in [-0.15, -0.1) is 11.3 Å². The van der Waals surface area contributed by atoms with Gasteiger partial charge in [-0.25, -0.2) is 15.0 Å². The van der Waals surface area contributed by atoms with Gasteiger partial charge in [-0.2, -0.15) is 13.2 Å². The van der Waals surface area contributed by atoms with E-state index in [1.54, 1.807) is 6.07 Å². The van der Waals surface area contributed by atoms with E-state index in [-0.39, 0.29) is 0 Å². The lowest BCUT2D eigenvalue weighted by atomic mass is 10.3. The zero-order chi connectivity index (χ0) is 13.6. The van der Waals surface area contributed by atoms with Crippen molar-refractivity contribution in [3.05, 3.63) is 27.7 Å². The van der Waals surface area contributed by atoms with E-state index >= 15 is 0 Å². The Morgan fingerprint density at radius 1 is 1.26 bits per heavy atom. The maximum absolute atomic E-state index is 12.5. The fourth-order valence-corrected chi connectivity index (χ4v) is 2.75. The fraction of sp³-hybridized carbons (Fsp3) is 0.364. The minimum absolute atomic E-state index is 0.339. The molecule has 2 heterocycles. The number of aromatic nitrogens is 3. The Hall–Kier alpha value is -1.02. The molecular weight excluding hydrogens is 343 g/mol. The quantitative estimate of drug-likeness (QED) is 0.760. The van der Waals surface area contributed by atoms with Crippen LogP contribution in [0.2, 0.25) is 0 Å². The van der Waals surface area contributed by atoms with Crippen LogP contribution in [0.15, 0.2) is 16.9 Å². The van der Waals surface area contributed by atoms with Gasteiger partial charge in [0.2, 0.25) is 0 Å². The Morgan fingerprint density at radius 3 is 2.58 bits per heavy atom. The third-order valence-corrected chi connectivity index (χ3v) is 4.13. The van der Waals surface area contributed by atoms with Crippen LogP contribution in [0.4, 0.5) is 13.2 Å². The molecule has 1 fully saturated rings. The van der Waals surface area contributed by atoms with Crippen LogP contribution in [0.25, 0.3) is 10.6 Å². The minimum atomic E-state index is -4.41. The zero-order valence-electron chi connectivity index (χ0n) is 9.41. The molecule has 0 spiro atoms. The average molecular weight is 350 g/mol. The standard InChI is InChI=1S/C11H7BrF3N3S/c12-8-3-6(17-9(18-8)5-1-2-5)7-4-16-10(19-7)11(13,14)15/h3-5H,1-2H2. The lowest BCUT2D eigenvalue weighted by Gasteiger charge is -2.02. The van der Waals surface area contributed by atoms with Gasteiger partial charge in [0.05, 0.1) is 10.6 Å². The van der Waals surface area contributed by atoms with Gasteiger partial charge in [-0.3, -0.25) is 0 Å². The molecule has 0 amide bonds. The van der Waals surface area contributed by atoms with E-state index in [4.69, 9.17) is 0 Å². The van der Waals surface area contributed by atoms with Gasteiger partial charge < -0.3 is 0 Å². The number of thiazole rings is 1. The summed E-state index contributed by atoms with van der Waals surface area (Å²) in [6.07, 6.45) is -1.13. The highest BCUT2D eigenvalue weighted by molar-refractivity contribution is 9.10. The molecule has 19 heavy (non-hydrogen) atoms. The summed E-state index contributed by atoms with van der Waals surface area (Å²) in [4.78, 5) is 12.4. The number of halogens is 4. The van der Waals surface area contributed by atoms with E-state index in [1.165, 1.54) is 6.20 Å². The van der Waals surface area contributed by atoms with Gasteiger partial charge in [-0.1, -0.05) is 0 Å². The van der Waals surface area contributed by atoms with Crippen LogP contribution in [0, 0.1) is 0 Å². The molecule has 2 aromatic rings. The van der Waals surface area contributed by atoms with Crippen LogP contribution < -0.4 is 0 Å². The number of hydrogen-bond donors (Lipinski definition) is 0. The predicted molar refractivity (Wildman–Crippen MR) is 67.8 cm³/mol. The summed E-state index contributed by atoms with van der Waals surface area (Å²) in [5.74, 6) is 1.03. The molecule has 0 atom stereocenters. The monoisotopic (exact) mass is 349 g/mol. The van der Waals surface area contributed by atoms with Crippen molar-refractivity contribution in [1.82, 2.24) is 15.0 Å². The van der Waals surface area contributed by atoms with Gasteiger partial charge in [0.15, 0.2) is 5.01 Å². The summed E-state index contributed by atoms with van der Waals surface area (Å²) < 4.78 is 38.1. The van der Waals surface area contributed by atoms with E-state index in [1.807, 2.05) is 0 Å². The molecule has 100 valence electrons. The summed E-state index contributed by atoms with van der Waals surface area (Å²) in [6, 6.07) is 1.61. The van der Waals surface area contributed by atoms with Crippen molar-refractivity contribution >= 4 is 27.3 Å². The molecule has 3 rings (SSSR count). The minimum Gasteiger partial charge on any atom is -0.240 e. The number of nitrogens with zero attached hydrogens (tertiary/aromatic N) is 3. The van der Waals surface area contributed by atoms with Crippen LogP contribution in [0.5, 0.6) is 0 Å². The van der Waals surface area contributed by atoms with Crippen molar-refractivity contribution in [3.63, 3.8) is 0 Å². The second-order valence-corrected chi connectivity index (χ2v) is 6.08. The van der Waals surface area contributed by atoms with Gasteiger partial charge in [0.25, 0.3) is 0 Å². The van der Waals surface area contributed by atoms with Crippen molar-refractivity contribution in [2.75, 3.05) is 0 Å². The lowest BCUT2D eigenvalue weighted by molar-refractivity contribution is -0.137. The van der Waals surface area contributed by atoms with Crippen LogP contribution in [-0.2, 0) is 6.18 Å². The molecule has 0 aliphatic heterocycles. The van der Waals surface area contributed by atoms with Gasteiger partial charge in [0.1, 0.15) is 10.4 Å². The van der Waals surface area contributed by atoms with Crippen LogP contribution >= 0.6 is 27.3 Å². The highest BCUT2D eigenvalue weighted by Gasteiger charge is 2.35. The van der Waals surface area contributed by atoms with Gasteiger partial charge >= 0.3 is 6.18 Å². The molecule has 2 aromatic heterocycles. The normalized spacial score (nSPS) is 15.8. The number of alkyl halides is 3. The fourth-order valence-electron chi connectivity index (χ4n) is 1.61. The summed E-state index contributed by atoms with van der Waals surface area (Å²) in [7, 11) is 0. The van der Waals surface area contributed by atoms with E-state index < -0.39 is 11.2 Å². The third kappa shape index (κ3) is 2.79. The van der Waals surface area contributed by atoms with Crippen LogP contribution in [-0.4, -0.2) is 15.0 Å². The largest absolute Gasteiger partial charge is 0.443 e. The Labute approximate surface area is 119 Å². The van der Waals surface area contributed by atoms with Crippen LogP contribution in [0.3, 0.4) is 0 Å². The second kappa shape index (κ2) is 4.52. The molecule has 0 unspecified atom stereocenters. The maximum atomic E-state index is 12.5. The first-order chi connectivity index (χ1) is 8.93. The first-order valence-electron chi connectivity index (χ1n) is 5.51. The van der Waals surface area contributed by atoms with Gasteiger partial charge in [0, 0.05) is 12.1 Å². The average Bonchev–Trinajstić information content (AvgIpc) is 3.03. The Kier molecular flexibility index (Phi) is 3.09. The smallest absolute Gasteiger partial charge is 0.240 e. The van der Waals surface area contributed by atoms with Crippen molar-refractivity contribution < 1.29 is 13.2 Å². The second-order valence-electron chi connectivity index (χ2n) is 4.24. The Balaban J connectivity index is 1.99. The Morgan fingerprint density at radius 2 is 2.00 bits per heavy atom. The van der Waals surface area contributed by atoms with Crippen molar-refractivity contribution in [2.24, 2.45) is 0 Å². The van der Waals surface area contributed by atoms with Crippen molar-refractivity contribution in [3.8, 4) is 10.6 Å². The molecule has 1 saturated carbocycles. The molecule has 8 heteroatoms. The molecule has 0 bridgehead atoms. The molecule has 0 radical (unpaired) electrons. The lowest BCUT2D eigenvalue weighted by Crippen LogP contribution is -2.02. The van der Waals surface area contributed by atoms with E-state index in [2.05, 4.69) is 30.9 Å². The van der Waals surface area contributed by atoms with E-state index in [9.17, 15) is 13.2 Å².